The van der Waals surface area contributed by atoms with Gasteiger partial charge >= 0.3 is 0 Å². The molecule has 0 atom stereocenters. The molecule has 2 rings (SSSR count). The van der Waals surface area contributed by atoms with Crippen molar-refractivity contribution in [2.24, 2.45) is 0 Å². The van der Waals surface area contributed by atoms with E-state index >= 15 is 0 Å². The van der Waals surface area contributed by atoms with Crippen LogP contribution in [0.2, 0.25) is 0 Å². The van der Waals surface area contributed by atoms with E-state index in [9.17, 15) is 4.39 Å². The summed E-state index contributed by atoms with van der Waals surface area (Å²) in [7, 11) is 7.68. The molecule has 0 saturated carbocycles. The maximum absolute atomic E-state index is 14.0. The molecule has 0 N–H and O–H groups in total. The van der Waals surface area contributed by atoms with Crippen LogP contribution in [0, 0.1) is 5.82 Å². The normalized spacial score (nSPS) is 20.1. The number of halogens is 1. The van der Waals surface area contributed by atoms with Crippen molar-refractivity contribution in [2.75, 3.05) is 20.1 Å². The average Bonchev–Trinajstić information content (AvgIpc) is 2.31. The van der Waals surface area contributed by atoms with Gasteiger partial charge in [-0.1, -0.05) is 23.7 Å². The first-order valence-corrected chi connectivity index (χ1v) is 5.95. The minimum atomic E-state index is -0.232. The summed E-state index contributed by atoms with van der Waals surface area (Å²) in [5.74, 6) is -0.213. The Morgan fingerprint density at radius 1 is 1.41 bits per heavy atom. The summed E-state index contributed by atoms with van der Waals surface area (Å²) in [6.45, 7) is 5.84. The Morgan fingerprint density at radius 2 is 2.06 bits per heavy atom. The Labute approximate surface area is 104 Å². The van der Waals surface area contributed by atoms with Gasteiger partial charge in [0.15, 0.2) is 0 Å². The molecule has 88 valence electrons. The number of piperidine rings is 1. The minimum Gasteiger partial charge on any atom is -0.306 e. The summed E-state index contributed by atoms with van der Waals surface area (Å²) in [6, 6.07) is 4.97. The standard InChI is InChI=1S/C14H17BFN/c1-3-14(6-8-17(2)9-7-14)12-5-4-11(15)10-13(12)16/h3-5,10H,1,6-9H2,2H3. The fourth-order valence-corrected chi connectivity index (χ4v) is 2.54. The van der Waals surface area contributed by atoms with Crippen molar-refractivity contribution >= 4 is 13.3 Å². The number of nitrogens with zero attached hydrogens (tertiary/aromatic N) is 1. The van der Waals surface area contributed by atoms with Crippen LogP contribution in [0.15, 0.2) is 30.9 Å². The zero-order valence-electron chi connectivity index (χ0n) is 10.2. The van der Waals surface area contributed by atoms with Gasteiger partial charge in [0.05, 0.1) is 0 Å². The highest BCUT2D eigenvalue weighted by Gasteiger charge is 2.34. The molecule has 1 saturated heterocycles. The molecule has 0 unspecified atom stereocenters. The van der Waals surface area contributed by atoms with Crippen molar-refractivity contribution in [3.8, 4) is 0 Å². The van der Waals surface area contributed by atoms with E-state index in [1.54, 1.807) is 12.1 Å². The van der Waals surface area contributed by atoms with Crippen LogP contribution in [0.3, 0.4) is 0 Å². The first-order chi connectivity index (χ1) is 8.07. The third kappa shape index (κ3) is 2.30. The van der Waals surface area contributed by atoms with E-state index < -0.39 is 0 Å². The molecule has 0 spiro atoms. The summed E-state index contributed by atoms with van der Waals surface area (Å²) in [5, 5.41) is 0. The van der Waals surface area contributed by atoms with Gasteiger partial charge in [0, 0.05) is 5.41 Å². The molecule has 1 fully saturated rings. The third-order valence-electron chi connectivity index (χ3n) is 3.80. The first-order valence-electron chi connectivity index (χ1n) is 5.95. The predicted molar refractivity (Wildman–Crippen MR) is 70.4 cm³/mol. The van der Waals surface area contributed by atoms with Gasteiger partial charge in [-0.15, -0.1) is 6.58 Å². The zero-order valence-corrected chi connectivity index (χ0v) is 10.2. The number of rotatable bonds is 2. The lowest BCUT2D eigenvalue weighted by molar-refractivity contribution is 0.215. The van der Waals surface area contributed by atoms with Crippen molar-refractivity contribution in [2.45, 2.75) is 18.3 Å². The van der Waals surface area contributed by atoms with Crippen LogP contribution in [-0.4, -0.2) is 32.9 Å². The molecule has 0 aliphatic carbocycles. The van der Waals surface area contributed by atoms with E-state index in [1.165, 1.54) is 6.07 Å². The smallest absolute Gasteiger partial charge is 0.126 e. The van der Waals surface area contributed by atoms with Gasteiger partial charge < -0.3 is 4.90 Å². The molecule has 1 aliphatic heterocycles. The lowest BCUT2D eigenvalue weighted by atomic mass is 9.72. The van der Waals surface area contributed by atoms with Crippen LogP contribution in [0.25, 0.3) is 0 Å². The summed E-state index contributed by atoms with van der Waals surface area (Å²) < 4.78 is 14.0. The average molecular weight is 229 g/mol. The van der Waals surface area contributed by atoms with E-state index in [-0.39, 0.29) is 11.2 Å². The second kappa shape index (κ2) is 4.65. The summed E-state index contributed by atoms with van der Waals surface area (Å²) >= 11 is 0. The molecule has 1 aliphatic rings. The highest BCUT2D eigenvalue weighted by molar-refractivity contribution is 6.32. The van der Waals surface area contributed by atoms with Crippen LogP contribution in [0.5, 0.6) is 0 Å². The van der Waals surface area contributed by atoms with Crippen LogP contribution >= 0.6 is 0 Å². The molecule has 1 aromatic carbocycles. The number of likely N-dealkylation sites (tertiary alicyclic amines) is 1. The fourth-order valence-electron chi connectivity index (χ4n) is 2.54. The van der Waals surface area contributed by atoms with Crippen molar-refractivity contribution in [1.82, 2.24) is 4.90 Å². The molecule has 1 aromatic rings. The van der Waals surface area contributed by atoms with Crippen molar-refractivity contribution in [3.63, 3.8) is 0 Å². The van der Waals surface area contributed by atoms with Gasteiger partial charge in [0.2, 0.25) is 0 Å². The molecule has 0 aromatic heterocycles. The van der Waals surface area contributed by atoms with E-state index in [4.69, 9.17) is 7.85 Å². The minimum absolute atomic E-state index is 0.213. The number of hydrogen-bond donors (Lipinski definition) is 0. The maximum atomic E-state index is 14.0. The van der Waals surface area contributed by atoms with Gasteiger partial charge in [-0.3, -0.25) is 0 Å². The lowest BCUT2D eigenvalue weighted by Crippen LogP contribution is -2.40. The molecule has 0 bridgehead atoms. The van der Waals surface area contributed by atoms with Crippen molar-refractivity contribution in [3.05, 3.63) is 42.2 Å². The van der Waals surface area contributed by atoms with E-state index in [0.29, 0.717) is 5.46 Å². The van der Waals surface area contributed by atoms with Gasteiger partial charge in [-0.2, -0.15) is 0 Å². The van der Waals surface area contributed by atoms with Gasteiger partial charge in [-0.05, 0) is 44.6 Å². The van der Waals surface area contributed by atoms with E-state index in [0.717, 1.165) is 31.5 Å². The third-order valence-corrected chi connectivity index (χ3v) is 3.80. The second-order valence-corrected chi connectivity index (χ2v) is 4.90. The maximum Gasteiger partial charge on any atom is 0.126 e. The summed E-state index contributed by atoms with van der Waals surface area (Å²) in [5.41, 5.74) is 0.970. The highest BCUT2D eigenvalue weighted by Crippen LogP contribution is 2.37. The summed E-state index contributed by atoms with van der Waals surface area (Å²) in [6.07, 6.45) is 3.72. The van der Waals surface area contributed by atoms with Crippen LogP contribution in [0.1, 0.15) is 18.4 Å². The molecule has 17 heavy (non-hydrogen) atoms. The Morgan fingerprint density at radius 3 is 2.59 bits per heavy atom. The monoisotopic (exact) mass is 229 g/mol. The lowest BCUT2D eigenvalue weighted by Gasteiger charge is -2.39. The molecular formula is C14H17BFN. The topological polar surface area (TPSA) is 3.24 Å². The van der Waals surface area contributed by atoms with Crippen LogP contribution < -0.4 is 5.46 Å². The molecule has 0 amide bonds. The van der Waals surface area contributed by atoms with Gasteiger partial charge in [0.1, 0.15) is 13.7 Å². The van der Waals surface area contributed by atoms with Crippen molar-refractivity contribution < 1.29 is 4.39 Å². The molecule has 1 nitrogen and oxygen atoms in total. The summed E-state index contributed by atoms with van der Waals surface area (Å²) in [4.78, 5) is 2.26. The first kappa shape index (κ1) is 12.4. The molecule has 2 radical (unpaired) electrons. The zero-order chi connectivity index (χ0) is 12.5. The van der Waals surface area contributed by atoms with Crippen LogP contribution in [-0.2, 0) is 5.41 Å². The number of benzene rings is 1. The quantitative estimate of drug-likeness (QED) is 0.551. The van der Waals surface area contributed by atoms with E-state index in [1.807, 2.05) is 6.08 Å². The predicted octanol–water partition coefficient (Wildman–Crippen LogP) is 1.77. The van der Waals surface area contributed by atoms with Crippen LogP contribution in [0.4, 0.5) is 4.39 Å². The SMILES string of the molecule is [B]c1ccc(C2(C=C)CCN(C)CC2)c(F)c1. The number of allylic oxidation sites excluding steroid dienone is 1. The highest BCUT2D eigenvalue weighted by atomic mass is 19.1. The molecule has 1 heterocycles. The Kier molecular flexibility index (Phi) is 3.39. The van der Waals surface area contributed by atoms with Gasteiger partial charge in [0.25, 0.3) is 0 Å². The number of hydrogen-bond acceptors (Lipinski definition) is 1. The Balaban J connectivity index is 2.38. The largest absolute Gasteiger partial charge is 0.306 e. The Hall–Kier alpha value is -1.09. The van der Waals surface area contributed by atoms with Crippen molar-refractivity contribution in [1.29, 1.82) is 0 Å². The van der Waals surface area contributed by atoms with E-state index in [2.05, 4.69) is 18.5 Å². The molecular weight excluding hydrogens is 212 g/mol. The van der Waals surface area contributed by atoms with Gasteiger partial charge in [-0.25, -0.2) is 4.39 Å². The second-order valence-electron chi connectivity index (χ2n) is 4.90. The fraction of sp³-hybridized carbons (Fsp3) is 0.429. The Bertz CT molecular complexity index is 422. The molecule has 3 heteroatoms.